The van der Waals surface area contributed by atoms with Gasteiger partial charge in [-0.25, -0.2) is 8.78 Å². The molecule has 2 atom stereocenters. The maximum atomic E-state index is 13.8. The number of carbonyl (C=O) groups is 9. The molecule has 379 valence electrons. The third-order valence-corrected chi connectivity index (χ3v) is 12.3. The zero-order valence-corrected chi connectivity index (χ0v) is 41.0. The molecule has 3 heterocycles. The number of rotatable bonds is 23. The first-order chi connectivity index (χ1) is 33.4. The summed E-state index contributed by atoms with van der Waals surface area (Å²) in [5.41, 5.74) is 2.29. The average Bonchev–Trinajstić information content (AvgIpc) is 3.64. The van der Waals surface area contributed by atoms with Crippen molar-refractivity contribution in [2.75, 3.05) is 104 Å². The predicted octanol–water partition coefficient (Wildman–Crippen LogP) is -1.44. The van der Waals surface area contributed by atoms with Crippen LogP contribution in [0.4, 0.5) is 14.5 Å². The molecule has 1 aromatic carbocycles. The second kappa shape index (κ2) is 28.4. The summed E-state index contributed by atoms with van der Waals surface area (Å²) in [7, 11) is 0. The molecule has 2 aliphatic heterocycles. The molecule has 6 N–H and O–H groups in total. The number of carbonyl (C=O) groups excluding carboxylic acids is 7. The number of likely N-dealkylation sites (tertiary alicyclic amines) is 1. The Hall–Kier alpha value is -6.31. The van der Waals surface area contributed by atoms with E-state index in [0.717, 1.165) is 4.90 Å². The number of nitrogens with one attached hydrogen (secondary N) is 4. The Bertz CT molecular complexity index is 2210. The minimum absolute atomic E-state index is 0.0105. The molecule has 4 rings (SSSR count). The Morgan fingerprint density at radius 2 is 1.47 bits per heavy atom. The number of alkyl halides is 2. The molecular weight excluding hydrogens is 986 g/mol. The first-order valence-corrected chi connectivity index (χ1v) is 25.8. The van der Waals surface area contributed by atoms with Gasteiger partial charge in [0.2, 0.25) is 11.8 Å². The number of aliphatic carboxylic acids is 2. The summed E-state index contributed by atoms with van der Waals surface area (Å²) >= 11 is -1.39. The van der Waals surface area contributed by atoms with Gasteiger partial charge in [-0.2, -0.15) is 5.26 Å². The van der Waals surface area contributed by atoms with Crippen molar-refractivity contribution in [3.8, 4) is 6.07 Å². The molecule has 70 heavy (non-hydrogen) atoms. The molecule has 0 aliphatic carbocycles. The molecule has 27 heteroatoms. The van der Waals surface area contributed by atoms with Gasteiger partial charge in [-0.1, -0.05) is 12.1 Å². The number of ether oxygens (including phenoxy) is 1. The zero-order valence-electron chi connectivity index (χ0n) is 38.6. The van der Waals surface area contributed by atoms with Gasteiger partial charge in [0, 0.05) is 24.4 Å². The normalized spacial score (nSPS) is 17.6. The van der Waals surface area contributed by atoms with E-state index in [9.17, 15) is 67.4 Å². The van der Waals surface area contributed by atoms with E-state index in [1.165, 1.54) is 18.3 Å². The summed E-state index contributed by atoms with van der Waals surface area (Å²) < 4.78 is 38.1. The number of hydrogen-bond donors (Lipinski definition) is 6. The van der Waals surface area contributed by atoms with Crippen LogP contribution in [0, 0.1) is 11.3 Å². The van der Waals surface area contributed by atoms with Crippen LogP contribution < -0.4 is 21.3 Å². The van der Waals surface area contributed by atoms with Crippen molar-refractivity contribution < 1.29 is 70.4 Å². The second-order valence-corrected chi connectivity index (χ2v) is 17.8. The van der Waals surface area contributed by atoms with Crippen molar-refractivity contribution in [2.24, 2.45) is 0 Å². The van der Waals surface area contributed by atoms with Gasteiger partial charge in [0.05, 0.1) is 35.9 Å². The first-order valence-electron chi connectivity index (χ1n) is 22.4. The van der Waals surface area contributed by atoms with Gasteiger partial charge in [0.25, 0.3) is 18.3 Å². The van der Waals surface area contributed by atoms with Gasteiger partial charge >= 0.3 is 236 Å². The van der Waals surface area contributed by atoms with Crippen LogP contribution in [0.1, 0.15) is 42.5 Å². The number of anilines is 1. The van der Waals surface area contributed by atoms with Crippen molar-refractivity contribution in [3.63, 3.8) is 0 Å². The van der Waals surface area contributed by atoms with Crippen molar-refractivity contribution >= 4 is 88.3 Å². The van der Waals surface area contributed by atoms with E-state index in [2.05, 4.69) is 26.3 Å². The quantitative estimate of drug-likeness (QED) is 0.0422. The number of fused-ring (bicyclic) bond motifs is 1. The van der Waals surface area contributed by atoms with E-state index in [1.54, 1.807) is 43.3 Å². The fraction of sp³-hybridized carbons (Fsp3) is 0.558. The van der Waals surface area contributed by atoms with Crippen LogP contribution in [0.2, 0.25) is 5.48 Å². The van der Waals surface area contributed by atoms with E-state index in [4.69, 9.17) is 8.27 Å². The van der Waals surface area contributed by atoms with Crippen LogP contribution in [-0.4, -0.2) is 228 Å². The van der Waals surface area contributed by atoms with Gasteiger partial charge < -0.3 is 15.5 Å². The molecule has 24 nitrogen and oxygen atoms in total. The molecule has 5 amide bonds. The number of carboxylic acids is 2. The Morgan fingerprint density at radius 3 is 2.07 bits per heavy atom. The monoisotopic (exact) mass is 1040 g/mol. The summed E-state index contributed by atoms with van der Waals surface area (Å²) in [6.07, 6.45) is -0.0650. The van der Waals surface area contributed by atoms with Crippen LogP contribution in [0.25, 0.3) is 10.9 Å². The van der Waals surface area contributed by atoms with Crippen LogP contribution in [0.5, 0.6) is 0 Å². The summed E-state index contributed by atoms with van der Waals surface area (Å²) in [5.74, 6) is -8.97. The van der Waals surface area contributed by atoms with Gasteiger partial charge in [-0.05, 0) is 12.1 Å². The van der Waals surface area contributed by atoms with Crippen molar-refractivity contribution in [3.05, 3.63) is 36.0 Å². The maximum absolute atomic E-state index is 13.8. The molecule has 0 bridgehead atoms. The first kappa shape index (κ1) is 56.3. The molecule has 2 fully saturated rings. The van der Waals surface area contributed by atoms with E-state index in [-0.39, 0.29) is 115 Å². The number of para-hydroxylation sites is 1. The molecule has 0 spiro atoms. The topological polar surface area (TPSA) is 314 Å². The predicted molar refractivity (Wildman–Crippen MR) is 243 cm³/mol. The third kappa shape index (κ3) is 18.5. The summed E-state index contributed by atoms with van der Waals surface area (Å²) in [6, 6.07) is 5.45. The molecular formula is C43H57F2GaN11O13. The van der Waals surface area contributed by atoms with Gasteiger partial charge in [-0.3, -0.25) is 24.2 Å². The molecule has 1 unspecified atom stereocenters. The fourth-order valence-electron chi connectivity index (χ4n) is 7.78. The van der Waals surface area contributed by atoms with Gasteiger partial charge in [-0.15, -0.1) is 0 Å². The van der Waals surface area contributed by atoms with Crippen LogP contribution in [0.15, 0.2) is 30.5 Å². The van der Waals surface area contributed by atoms with Crippen molar-refractivity contribution in [1.82, 2.24) is 45.4 Å². The number of nitriles is 1. The molecule has 2 aromatic rings. The van der Waals surface area contributed by atoms with Crippen LogP contribution >= 0.6 is 0 Å². The molecule has 1 aromatic heterocycles. The van der Waals surface area contributed by atoms with E-state index in [1.807, 2.05) is 0 Å². The SMILES string of the molecule is [CH3][Ga][O]C(=O)C(CCC(=O)NCCNC(=O)CCC(=O)Nc1cccc2c(C(=O)NCC(=O)N3CC(F)(F)C[C@H]3C#N)ccnc12)N1CCN(CC(=O)O)CCN(COC=O)CCN(CC(=O)O)CC1. The van der Waals surface area contributed by atoms with Gasteiger partial charge in [0.15, 0.2) is 0 Å². The van der Waals surface area contributed by atoms with E-state index >= 15 is 0 Å². The van der Waals surface area contributed by atoms with E-state index in [0.29, 0.717) is 24.9 Å². The number of halogens is 2. The standard InChI is InChI=1S/C42H55F2N11O13.CH3.Ga/c43-42(44)20-28(21-45)55(25-42)36(60)22-49-40(65)30-8-9-48-39-29(30)2-1-3-31(39)50-35(59)7-6-34(58)47-11-10-46-33(57)5-4-32(41(66)67)54-18-16-51(23-37(61)62)12-14-53(26-68-27-56)15-13-52(17-19-54)24-38(63)64;;/h1-3,8-9,27-28,32H,4-7,10-20,22-26H2,(H,46,57)(H,47,58)(H,49,65)(H,50,59)(H,61,62)(H,63,64)(H,66,67);1H3;/q;;+1/p-1/t28-,32?;;/m0../s1. The van der Waals surface area contributed by atoms with Crippen LogP contribution in [0.3, 0.4) is 0 Å². The number of hydrogen-bond acceptors (Lipinski definition) is 17. The van der Waals surface area contributed by atoms with Crippen LogP contribution in [-0.2, 0) is 46.6 Å². The zero-order chi connectivity index (χ0) is 51.2. The molecule has 2 saturated heterocycles. The number of benzene rings is 1. The number of pyridine rings is 1. The number of carboxylic acid groups (broad SMARTS) is 2. The second-order valence-electron chi connectivity index (χ2n) is 16.3. The average molecular weight is 1040 g/mol. The Kier molecular flexibility index (Phi) is 22.8. The summed E-state index contributed by atoms with van der Waals surface area (Å²) in [4.78, 5) is 124. The minimum atomic E-state index is -3.22. The summed E-state index contributed by atoms with van der Waals surface area (Å²) in [6.45, 7) is -0.0398. The summed E-state index contributed by atoms with van der Waals surface area (Å²) in [5, 5.41) is 39.0. The number of aromatic nitrogens is 1. The molecule has 1 radical (unpaired) electrons. The van der Waals surface area contributed by atoms with Crippen molar-refractivity contribution in [1.29, 1.82) is 5.26 Å². The Morgan fingerprint density at radius 1 is 0.871 bits per heavy atom. The third-order valence-electron chi connectivity index (χ3n) is 11.3. The van der Waals surface area contributed by atoms with Gasteiger partial charge in [0.1, 0.15) is 6.04 Å². The number of nitrogens with zero attached hydrogens (tertiary/aromatic N) is 7. The number of amides is 5. The van der Waals surface area contributed by atoms with E-state index < -0.39 is 103 Å². The Balaban J connectivity index is 1.26. The fourth-order valence-corrected chi connectivity index (χ4v) is 8.60. The Labute approximate surface area is 409 Å². The molecule has 0 saturated carbocycles. The van der Waals surface area contributed by atoms with Crippen molar-refractivity contribution in [2.45, 2.75) is 55.6 Å². The molecule has 2 aliphatic rings.